The zero-order chi connectivity index (χ0) is 36.1. The number of aromatic nitrogens is 3. The molecule has 3 aromatic rings. The highest BCUT2D eigenvalue weighted by Crippen LogP contribution is 2.39. The summed E-state index contributed by atoms with van der Waals surface area (Å²) < 4.78 is 18.9. The van der Waals surface area contributed by atoms with E-state index in [1.54, 1.807) is 18.2 Å². The number of anilines is 1. The lowest BCUT2D eigenvalue weighted by molar-refractivity contribution is -0.124. The van der Waals surface area contributed by atoms with Crippen LogP contribution in [0.4, 0.5) is 10.6 Å². The second-order valence-corrected chi connectivity index (χ2v) is 15.0. The molecular formula is C40H52N6O5. The average Bonchev–Trinajstić information content (AvgIpc) is 3.63. The van der Waals surface area contributed by atoms with E-state index in [1.807, 2.05) is 60.1 Å². The van der Waals surface area contributed by atoms with Gasteiger partial charge in [-0.3, -0.25) is 14.4 Å². The number of hydrogen-bond acceptors (Lipinski definition) is 8. The number of ether oxygens (including phenoxy) is 3. The van der Waals surface area contributed by atoms with Gasteiger partial charge in [0.15, 0.2) is 0 Å². The standard InChI is InChI=1S/C40H52N6O5/c1-26(2)46-23-34(21-43-46)32-16-17-42-38(19-32)45(22-28-6-8-29(9-7-28)31-12-15-37(49-5)33(18-31)20-41)39(47)30-10-13-35(14-11-30)51-40(48)44-24-36(25-44)50-27(3)4/h12,15-19,21,23,26-30,35-36H,6-11,13-14,22,24-25H2,1-5H3. The number of nitriles is 1. The Morgan fingerprint density at radius 1 is 0.961 bits per heavy atom. The van der Waals surface area contributed by atoms with E-state index in [4.69, 9.17) is 19.2 Å². The summed E-state index contributed by atoms with van der Waals surface area (Å²) in [6.45, 7) is 9.92. The third kappa shape index (κ3) is 8.73. The molecule has 3 aliphatic rings. The van der Waals surface area contributed by atoms with E-state index in [-0.39, 0.29) is 42.3 Å². The van der Waals surface area contributed by atoms with Gasteiger partial charge in [0.25, 0.3) is 0 Å². The van der Waals surface area contributed by atoms with Crippen LogP contribution in [0.15, 0.2) is 48.9 Å². The van der Waals surface area contributed by atoms with E-state index in [1.165, 1.54) is 5.56 Å². The average molecular weight is 697 g/mol. The lowest BCUT2D eigenvalue weighted by Crippen LogP contribution is -2.56. The highest BCUT2D eigenvalue weighted by Gasteiger charge is 2.37. The van der Waals surface area contributed by atoms with E-state index < -0.39 is 0 Å². The molecular weight excluding hydrogens is 644 g/mol. The van der Waals surface area contributed by atoms with Gasteiger partial charge in [0.2, 0.25) is 5.91 Å². The molecule has 11 nitrogen and oxygen atoms in total. The molecule has 0 spiro atoms. The lowest BCUT2D eigenvalue weighted by atomic mass is 9.78. The molecule has 0 bridgehead atoms. The first-order chi connectivity index (χ1) is 24.6. The van der Waals surface area contributed by atoms with Crippen molar-refractivity contribution in [3.05, 3.63) is 60.0 Å². The third-order valence-electron chi connectivity index (χ3n) is 10.7. The van der Waals surface area contributed by atoms with Crippen LogP contribution in [0.5, 0.6) is 5.75 Å². The number of amides is 2. The first-order valence-corrected chi connectivity index (χ1v) is 18.6. The number of carbonyl (C=O) groups is 2. The Morgan fingerprint density at radius 2 is 1.71 bits per heavy atom. The highest BCUT2D eigenvalue weighted by atomic mass is 16.6. The first-order valence-electron chi connectivity index (χ1n) is 18.6. The van der Waals surface area contributed by atoms with Gasteiger partial charge in [-0.1, -0.05) is 6.07 Å². The zero-order valence-corrected chi connectivity index (χ0v) is 30.7. The van der Waals surface area contributed by atoms with E-state index >= 15 is 0 Å². The van der Waals surface area contributed by atoms with Crippen molar-refractivity contribution < 1.29 is 23.8 Å². The second kappa shape index (κ2) is 16.3. The summed E-state index contributed by atoms with van der Waals surface area (Å²) in [6, 6.07) is 12.4. The second-order valence-electron chi connectivity index (χ2n) is 15.0. The molecule has 1 saturated heterocycles. The van der Waals surface area contributed by atoms with E-state index in [9.17, 15) is 14.9 Å². The van der Waals surface area contributed by atoms with Gasteiger partial charge in [0, 0.05) is 36.5 Å². The predicted molar refractivity (Wildman–Crippen MR) is 194 cm³/mol. The fourth-order valence-electron chi connectivity index (χ4n) is 7.74. The maximum absolute atomic E-state index is 14.4. The molecule has 3 heterocycles. The lowest BCUT2D eigenvalue weighted by Gasteiger charge is -2.40. The molecule has 6 rings (SSSR count). The summed E-state index contributed by atoms with van der Waals surface area (Å²) in [5.41, 5.74) is 3.70. The van der Waals surface area contributed by atoms with Crippen molar-refractivity contribution >= 4 is 17.8 Å². The van der Waals surface area contributed by atoms with Crippen LogP contribution < -0.4 is 9.64 Å². The number of pyridine rings is 1. The van der Waals surface area contributed by atoms with Gasteiger partial charge in [-0.25, -0.2) is 9.78 Å². The maximum Gasteiger partial charge on any atom is 0.410 e. The maximum atomic E-state index is 14.4. The Bertz CT molecular complexity index is 1690. The number of likely N-dealkylation sites (tertiary alicyclic amines) is 1. The molecule has 2 amide bonds. The van der Waals surface area contributed by atoms with Crippen molar-refractivity contribution in [2.75, 3.05) is 31.6 Å². The molecule has 2 aromatic heterocycles. The number of carbonyl (C=O) groups excluding carboxylic acids is 2. The van der Waals surface area contributed by atoms with Gasteiger partial charge in [0.1, 0.15) is 23.7 Å². The minimum Gasteiger partial charge on any atom is -0.495 e. The van der Waals surface area contributed by atoms with Gasteiger partial charge in [-0.15, -0.1) is 0 Å². The summed E-state index contributed by atoms with van der Waals surface area (Å²) in [6.07, 6.45) is 12.0. The fraction of sp³-hybridized carbons (Fsp3) is 0.575. The summed E-state index contributed by atoms with van der Waals surface area (Å²) in [5.74, 6) is 1.88. The van der Waals surface area contributed by atoms with Crippen LogP contribution in [0.2, 0.25) is 0 Å². The number of hydrogen-bond donors (Lipinski definition) is 0. The van der Waals surface area contributed by atoms with Gasteiger partial charge >= 0.3 is 6.09 Å². The minimum absolute atomic E-state index is 0.0734. The van der Waals surface area contributed by atoms with Crippen molar-refractivity contribution in [1.82, 2.24) is 19.7 Å². The predicted octanol–water partition coefficient (Wildman–Crippen LogP) is 7.52. The molecule has 0 unspecified atom stereocenters. The van der Waals surface area contributed by atoms with Crippen LogP contribution in [0.1, 0.15) is 102 Å². The summed E-state index contributed by atoms with van der Waals surface area (Å²) in [7, 11) is 1.59. The Labute approximate surface area is 301 Å². The van der Waals surface area contributed by atoms with Crippen LogP contribution in [0, 0.1) is 23.2 Å². The number of benzene rings is 1. The van der Waals surface area contributed by atoms with Gasteiger partial charge in [-0.2, -0.15) is 10.4 Å². The number of methoxy groups -OCH3 is 1. The Kier molecular flexibility index (Phi) is 11.6. The van der Waals surface area contributed by atoms with Crippen molar-refractivity contribution in [1.29, 1.82) is 5.26 Å². The summed E-state index contributed by atoms with van der Waals surface area (Å²) in [4.78, 5) is 35.6. The molecule has 1 aromatic carbocycles. The topological polar surface area (TPSA) is 123 Å². The van der Waals surface area contributed by atoms with Crippen LogP contribution in [0.3, 0.4) is 0 Å². The Balaban J connectivity index is 1.12. The number of rotatable bonds is 11. The molecule has 0 radical (unpaired) electrons. The Hall–Kier alpha value is -4.43. The molecule has 0 atom stereocenters. The van der Waals surface area contributed by atoms with Crippen molar-refractivity contribution in [2.45, 2.75) is 109 Å². The van der Waals surface area contributed by atoms with E-state index in [0.29, 0.717) is 74.3 Å². The fourth-order valence-corrected chi connectivity index (χ4v) is 7.74. The minimum atomic E-state index is -0.286. The Morgan fingerprint density at radius 3 is 2.35 bits per heavy atom. The number of nitrogens with zero attached hydrogens (tertiary/aromatic N) is 6. The normalized spacial score (nSPS) is 22.4. The SMILES string of the molecule is COc1ccc(C2CCC(CN(C(=O)C3CCC(OC(=O)N4CC(OC(C)C)C4)CC3)c3cc(-c4cnn(C(C)C)c4)ccn3)CC2)cc1C#N. The monoisotopic (exact) mass is 696 g/mol. The van der Waals surface area contributed by atoms with E-state index in [0.717, 1.165) is 36.8 Å². The van der Waals surface area contributed by atoms with Gasteiger partial charge < -0.3 is 19.1 Å². The quantitative estimate of drug-likeness (QED) is 0.202. The van der Waals surface area contributed by atoms with Crippen LogP contribution in [-0.4, -0.2) is 76.7 Å². The van der Waals surface area contributed by atoms with Crippen molar-refractivity contribution in [2.24, 2.45) is 11.8 Å². The van der Waals surface area contributed by atoms with Crippen molar-refractivity contribution in [3.8, 4) is 22.9 Å². The van der Waals surface area contributed by atoms with Crippen molar-refractivity contribution in [3.63, 3.8) is 0 Å². The molecule has 51 heavy (non-hydrogen) atoms. The smallest absolute Gasteiger partial charge is 0.410 e. The third-order valence-corrected chi connectivity index (χ3v) is 10.7. The molecule has 2 aliphatic carbocycles. The first kappa shape index (κ1) is 36.4. The zero-order valence-electron chi connectivity index (χ0n) is 30.7. The van der Waals surface area contributed by atoms with E-state index in [2.05, 4.69) is 31.1 Å². The molecule has 1 aliphatic heterocycles. The van der Waals surface area contributed by atoms with Crippen LogP contribution in [-0.2, 0) is 14.3 Å². The van der Waals surface area contributed by atoms with Gasteiger partial charge in [0.05, 0.1) is 44.2 Å². The largest absolute Gasteiger partial charge is 0.495 e. The molecule has 2 saturated carbocycles. The van der Waals surface area contributed by atoms with Gasteiger partial charge in [-0.05, 0) is 126 Å². The summed E-state index contributed by atoms with van der Waals surface area (Å²) >= 11 is 0. The summed E-state index contributed by atoms with van der Waals surface area (Å²) in [5, 5.41) is 14.1. The van der Waals surface area contributed by atoms with Crippen LogP contribution >= 0.6 is 0 Å². The molecule has 11 heteroatoms. The molecule has 3 fully saturated rings. The molecule has 0 N–H and O–H groups in total. The van der Waals surface area contributed by atoms with Crippen LogP contribution in [0.25, 0.3) is 11.1 Å². The molecule has 272 valence electrons. The highest BCUT2D eigenvalue weighted by molar-refractivity contribution is 5.94.